The van der Waals surface area contributed by atoms with Crippen LogP contribution in [0.1, 0.15) is 40.5 Å². The first-order valence-electron chi connectivity index (χ1n) is 6.59. The molecular formula is C14H29Si2. The molecule has 0 unspecified atom stereocenters. The first-order chi connectivity index (χ1) is 7.24. The molecule has 0 atom stereocenters. The summed E-state index contributed by atoms with van der Waals surface area (Å²) in [6.45, 7) is 16.5. The molecule has 0 nitrogen and oxygen atoms in total. The molecule has 0 aromatic carbocycles. The predicted molar refractivity (Wildman–Crippen MR) is 81.1 cm³/mol. The van der Waals surface area contributed by atoms with Gasteiger partial charge in [0.25, 0.3) is 0 Å². The fourth-order valence-electron chi connectivity index (χ4n) is 1.95. The van der Waals surface area contributed by atoms with Gasteiger partial charge in [-0.2, -0.15) is 0 Å². The second-order valence-corrected chi connectivity index (χ2v) is 15.0. The second-order valence-electron chi connectivity index (χ2n) is 6.29. The van der Waals surface area contributed by atoms with Gasteiger partial charge in [0, 0.05) is 6.42 Å². The van der Waals surface area contributed by atoms with E-state index in [1.807, 2.05) is 0 Å². The zero-order valence-electron chi connectivity index (χ0n) is 12.3. The normalized spacial score (nSPS) is 12.1. The van der Waals surface area contributed by atoms with Crippen LogP contribution in [0, 0.1) is 11.5 Å². The lowest BCUT2D eigenvalue weighted by Crippen LogP contribution is -2.20. The molecule has 2 heteroatoms. The van der Waals surface area contributed by atoms with Crippen molar-refractivity contribution in [1.29, 1.82) is 0 Å². The third-order valence-corrected chi connectivity index (χ3v) is 7.54. The van der Waals surface area contributed by atoms with E-state index in [0.29, 0.717) is 0 Å². The molecule has 0 N–H and O–H groups in total. The minimum atomic E-state index is -1.13. The van der Waals surface area contributed by atoms with Crippen molar-refractivity contribution in [3.8, 4) is 11.5 Å². The van der Waals surface area contributed by atoms with Crippen LogP contribution in [0.5, 0.6) is 0 Å². The maximum atomic E-state index is 3.45. The number of unbranched alkanes of at least 4 members (excludes halogenated alkanes) is 1. The third-order valence-electron chi connectivity index (χ3n) is 2.71. The molecular weight excluding hydrogens is 224 g/mol. The van der Waals surface area contributed by atoms with Crippen molar-refractivity contribution in [2.75, 3.05) is 0 Å². The smallest absolute Gasteiger partial charge is 0.129 e. The van der Waals surface area contributed by atoms with Gasteiger partial charge in [0.1, 0.15) is 8.07 Å². The van der Waals surface area contributed by atoms with E-state index in [1.165, 1.54) is 12.5 Å². The van der Waals surface area contributed by atoms with Crippen molar-refractivity contribution < 1.29 is 0 Å². The van der Waals surface area contributed by atoms with Crippen LogP contribution in [-0.4, -0.2) is 16.9 Å². The lowest BCUT2D eigenvalue weighted by Gasteiger charge is -2.22. The highest BCUT2D eigenvalue weighted by atomic mass is 28.3. The Morgan fingerprint density at radius 3 is 1.88 bits per heavy atom. The molecule has 0 aromatic rings. The fourth-order valence-corrected chi connectivity index (χ4v) is 5.68. The molecule has 0 spiro atoms. The van der Waals surface area contributed by atoms with Gasteiger partial charge in [0.05, 0.1) is 8.80 Å². The van der Waals surface area contributed by atoms with E-state index in [4.69, 9.17) is 0 Å². The Morgan fingerprint density at radius 1 is 1.00 bits per heavy atom. The molecule has 0 saturated carbocycles. The molecule has 1 radical (unpaired) electrons. The van der Waals surface area contributed by atoms with Crippen molar-refractivity contribution >= 4 is 16.9 Å². The van der Waals surface area contributed by atoms with Crippen molar-refractivity contribution in [1.82, 2.24) is 0 Å². The van der Waals surface area contributed by atoms with Crippen molar-refractivity contribution in [2.24, 2.45) is 0 Å². The van der Waals surface area contributed by atoms with Crippen LogP contribution < -0.4 is 0 Å². The van der Waals surface area contributed by atoms with Gasteiger partial charge >= 0.3 is 0 Å². The monoisotopic (exact) mass is 253 g/mol. The Kier molecular flexibility index (Phi) is 7.34. The SMILES string of the molecule is CC(C)[Si](CCCC#C[Si](C)(C)C)C(C)C. The summed E-state index contributed by atoms with van der Waals surface area (Å²) in [7, 11) is -1.28. The topological polar surface area (TPSA) is 0 Å². The number of hydrogen-bond acceptors (Lipinski definition) is 0. The molecule has 0 aromatic heterocycles. The summed E-state index contributed by atoms with van der Waals surface area (Å²) in [5, 5.41) is 0. The van der Waals surface area contributed by atoms with E-state index in [2.05, 4.69) is 58.8 Å². The summed E-state index contributed by atoms with van der Waals surface area (Å²) in [4.78, 5) is 0. The standard InChI is InChI=1S/C14H29Si2/c1-13(2)15(14(3)4)11-9-8-10-12-16(5,6)7/h13-14H,8-9,11H2,1-7H3. The molecule has 0 saturated heterocycles. The lowest BCUT2D eigenvalue weighted by molar-refractivity contribution is 0.872. The van der Waals surface area contributed by atoms with Crippen LogP contribution in [0.4, 0.5) is 0 Å². The van der Waals surface area contributed by atoms with Gasteiger partial charge in [-0.05, 0) is 6.42 Å². The Hall–Kier alpha value is -0.00623. The van der Waals surface area contributed by atoms with Crippen LogP contribution in [-0.2, 0) is 0 Å². The molecule has 0 aliphatic rings. The summed E-state index contributed by atoms with van der Waals surface area (Å²) < 4.78 is 0. The fraction of sp³-hybridized carbons (Fsp3) is 0.857. The van der Waals surface area contributed by atoms with Gasteiger partial charge in [-0.15, -0.1) is 11.5 Å². The first-order valence-corrected chi connectivity index (χ1v) is 12.0. The largest absolute Gasteiger partial charge is 0.132 e. The Balaban J connectivity index is 3.91. The van der Waals surface area contributed by atoms with Crippen LogP contribution in [0.3, 0.4) is 0 Å². The van der Waals surface area contributed by atoms with Crippen molar-refractivity contribution in [3.05, 3.63) is 0 Å². The average molecular weight is 254 g/mol. The molecule has 0 bridgehead atoms. The summed E-state index contributed by atoms with van der Waals surface area (Å²) >= 11 is 0. The first kappa shape index (κ1) is 16.0. The van der Waals surface area contributed by atoms with E-state index in [9.17, 15) is 0 Å². The number of hydrogen-bond donors (Lipinski definition) is 0. The van der Waals surface area contributed by atoms with E-state index < -0.39 is 8.07 Å². The second kappa shape index (κ2) is 7.34. The summed E-state index contributed by atoms with van der Waals surface area (Å²) in [5.74, 6) is 3.39. The van der Waals surface area contributed by atoms with Gasteiger partial charge in [-0.3, -0.25) is 0 Å². The molecule has 0 amide bonds. The Bertz CT molecular complexity index is 230. The molecule has 93 valence electrons. The van der Waals surface area contributed by atoms with Crippen molar-refractivity contribution in [3.63, 3.8) is 0 Å². The summed E-state index contributed by atoms with van der Waals surface area (Å²) in [5.41, 5.74) is 5.28. The molecule has 0 aliphatic carbocycles. The summed E-state index contributed by atoms with van der Waals surface area (Å²) in [6, 6.07) is 1.44. The third kappa shape index (κ3) is 8.18. The summed E-state index contributed by atoms with van der Waals surface area (Å²) in [6.07, 6.45) is 2.44. The maximum Gasteiger partial charge on any atom is 0.129 e. The van der Waals surface area contributed by atoms with Crippen LogP contribution in [0.2, 0.25) is 36.8 Å². The number of rotatable bonds is 5. The highest BCUT2D eigenvalue weighted by Crippen LogP contribution is 2.24. The minimum Gasteiger partial charge on any atom is -0.132 e. The zero-order chi connectivity index (χ0) is 12.8. The van der Waals surface area contributed by atoms with E-state index in [0.717, 1.165) is 17.5 Å². The van der Waals surface area contributed by atoms with E-state index >= 15 is 0 Å². The van der Waals surface area contributed by atoms with E-state index in [-0.39, 0.29) is 8.80 Å². The maximum absolute atomic E-state index is 3.45. The molecule has 0 heterocycles. The van der Waals surface area contributed by atoms with Gasteiger partial charge in [-0.1, -0.05) is 64.5 Å². The van der Waals surface area contributed by atoms with Crippen LogP contribution in [0.15, 0.2) is 0 Å². The van der Waals surface area contributed by atoms with Gasteiger partial charge in [-0.25, -0.2) is 0 Å². The molecule has 0 fully saturated rings. The van der Waals surface area contributed by atoms with Crippen molar-refractivity contribution in [2.45, 2.75) is 77.3 Å². The minimum absolute atomic E-state index is 0.151. The predicted octanol–water partition coefficient (Wildman–Crippen LogP) is 4.96. The molecule has 16 heavy (non-hydrogen) atoms. The highest BCUT2D eigenvalue weighted by molar-refractivity contribution is 6.83. The highest BCUT2D eigenvalue weighted by Gasteiger charge is 2.18. The van der Waals surface area contributed by atoms with Crippen LogP contribution >= 0.6 is 0 Å². The van der Waals surface area contributed by atoms with E-state index in [1.54, 1.807) is 0 Å². The lowest BCUT2D eigenvalue weighted by atomic mass is 10.4. The average Bonchev–Trinajstić information content (AvgIpc) is 2.07. The van der Waals surface area contributed by atoms with Gasteiger partial charge in [0.15, 0.2) is 0 Å². The Morgan fingerprint density at radius 2 is 1.50 bits per heavy atom. The molecule has 0 aliphatic heterocycles. The zero-order valence-corrected chi connectivity index (χ0v) is 14.3. The van der Waals surface area contributed by atoms with Crippen LogP contribution in [0.25, 0.3) is 0 Å². The Labute approximate surface area is 106 Å². The quantitative estimate of drug-likeness (QED) is 0.369. The van der Waals surface area contributed by atoms with Gasteiger partial charge < -0.3 is 0 Å². The van der Waals surface area contributed by atoms with Gasteiger partial charge in [0.2, 0.25) is 0 Å². The molecule has 0 rings (SSSR count).